The first kappa shape index (κ1) is 19.0. The fourth-order valence-electron chi connectivity index (χ4n) is 1.47. The van der Waals surface area contributed by atoms with Crippen LogP contribution in [-0.2, 0) is 11.2 Å². The third-order valence-corrected chi connectivity index (χ3v) is 5.69. The SMILES string of the molecule is CN(C)CCSSCCNC(=O)Cc1ccc(Cl)c(Cl)c1. The summed E-state index contributed by atoms with van der Waals surface area (Å²) in [6.07, 6.45) is 0.329. The zero-order valence-corrected chi connectivity index (χ0v) is 15.3. The Labute approximate surface area is 144 Å². The van der Waals surface area contributed by atoms with Crippen molar-refractivity contribution >= 4 is 50.7 Å². The van der Waals surface area contributed by atoms with Gasteiger partial charge in [0.1, 0.15) is 0 Å². The van der Waals surface area contributed by atoms with Gasteiger partial charge in [0.15, 0.2) is 0 Å². The van der Waals surface area contributed by atoms with E-state index < -0.39 is 0 Å². The van der Waals surface area contributed by atoms with Gasteiger partial charge in [0, 0.05) is 24.6 Å². The number of carbonyl (C=O) groups excluding carboxylic acids is 1. The van der Waals surface area contributed by atoms with Gasteiger partial charge in [0.25, 0.3) is 0 Å². The first-order chi connectivity index (χ1) is 9.99. The van der Waals surface area contributed by atoms with Crippen molar-refractivity contribution < 1.29 is 4.79 Å². The van der Waals surface area contributed by atoms with Crippen molar-refractivity contribution in [2.75, 3.05) is 38.7 Å². The van der Waals surface area contributed by atoms with Crippen LogP contribution in [0.5, 0.6) is 0 Å². The summed E-state index contributed by atoms with van der Waals surface area (Å²) < 4.78 is 0. The summed E-state index contributed by atoms with van der Waals surface area (Å²) in [5.41, 5.74) is 0.870. The molecule has 0 aliphatic heterocycles. The molecule has 0 heterocycles. The molecule has 7 heteroatoms. The maximum absolute atomic E-state index is 11.8. The average Bonchev–Trinajstić information content (AvgIpc) is 2.41. The van der Waals surface area contributed by atoms with Crippen molar-refractivity contribution in [1.82, 2.24) is 10.2 Å². The number of hydrogen-bond acceptors (Lipinski definition) is 4. The van der Waals surface area contributed by atoms with Gasteiger partial charge in [-0.15, -0.1) is 0 Å². The van der Waals surface area contributed by atoms with E-state index >= 15 is 0 Å². The largest absolute Gasteiger partial charge is 0.355 e. The third-order valence-electron chi connectivity index (χ3n) is 2.56. The molecule has 1 aromatic rings. The molecule has 0 aromatic heterocycles. The van der Waals surface area contributed by atoms with Crippen molar-refractivity contribution in [2.24, 2.45) is 0 Å². The van der Waals surface area contributed by atoms with Crippen molar-refractivity contribution in [3.8, 4) is 0 Å². The second-order valence-corrected chi connectivity index (χ2v) is 8.24. The molecule has 118 valence electrons. The molecule has 0 aliphatic carbocycles. The van der Waals surface area contributed by atoms with Gasteiger partial charge in [-0.1, -0.05) is 50.9 Å². The highest BCUT2D eigenvalue weighted by Gasteiger charge is 2.05. The Morgan fingerprint density at radius 3 is 2.57 bits per heavy atom. The van der Waals surface area contributed by atoms with E-state index in [0.717, 1.165) is 23.6 Å². The van der Waals surface area contributed by atoms with E-state index in [2.05, 4.69) is 24.3 Å². The highest BCUT2D eigenvalue weighted by Crippen LogP contribution is 2.23. The molecule has 0 radical (unpaired) electrons. The fraction of sp³-hybridized carbons (Fsp3) is 0.500. The molecule has 0 unspecified atom stereocenters. The summed E-state index contributed by atoms with van der Waals surface area (Å²) in [7, 11) is 7.74. The maximum atomic E-state index is 11.8. The van der Waals surface area contributed by atoms with E-state index in [1.54, 1.807) is 22.9 Å². The summed E-state index contributed by atoms with van der Waals surface area (Å²) in [5, 5.41) is 3.89. The molecular weight excluding hydrogens is 347 g/mol. The minimum atomic E-state index is 0.00674. The van der Waals surface area contributed by atoms with Gasteiger partial charge in [0.05, 0.1) is 16.5 Å². The van der Waals surface area contributed by atoms with Crippen molar-refractivity contribution in [3.63, 3.8) is 0 Å². The smallest absolute Gasteiger partial charge is 0.224 e. The zero-order chi connectivity index (χ0) is 15.7. The zero-order valence-electron chi connectivity index (χ0n) is 12.2. The number of halogens is 2. The van der Waals surface area contributed by atoms with E-state index in [4.69, 9.17) is 23.2 Å². The molecular formula is C14H20Cl2N2OS2. The molecule has 21 heavy (non-hydrogen) atoms. The number of hydrogen-bond donors (Lipinski definition) is 1. The lowest BCUT2D eigenvalue weighted by Gasteiger charge is -2.08. The quantitative estimate of drug-likeness (QED) is 0.534. The number of nitrogens with one attached hydrogen (secondary N) is 1. The van der Waals surface area contributed by atoms with Crippen LogP contribution in [0.15, 0.2) is 18.2 Å². The highest BCUT2D eigenvalue weighted by atomic mass is 35.5. The molecule has 1 rings (SSSR count). The summed E-state index contributed by atoms with van der Waals surface area (Å²) in [6.45, 7) is 1.75. The Morgan fingerprint density at radius 2 is 1.90 bits per heavy atom. The molecule has 1 amide bonds. The van der Waals surface area contributed by atoms with Gasteiger partial charge < -0.3 is 10.2 Å². The Kier molecular flexibility index (Phi) is 9.60. The molecule has 1 N–H and O–H groups in total. The van der Waals surface area contributed by atoms with Crippen molar-refractivity contribution in [1.29, 1.82) is 0 Å². The normalized spacial score (nSPS) is 10.9. The van der Waals surface area contributed by atoms with E-state index in [9.17, 15) is 4.79 Å². The molecule has 0 saturated carbocycles. The van der Waals surface area contributed by atoms with E-state index in [1.165, 1.54) is 0 Å². The Balaban J connectivity index is 2.12. The lowest BCUT2D eigenvalue weighted by molar-refractivity contribution is -0.120. The number of nitrogens with zero attached hydrogens (tertiary/aromatic N) is 1. The molecule has 0 saturated heterocycles. The monoisotopic (exact) mass is 366 g/mol. The molecule has 1 aromatic carbocycles. The van der Waals surface area contributed by atoms with Crippen LogP contribution in [0.2, 0.25) is 10.0 Å². The van der Waals surface area contributed by atoms with Crippen LogP contribution in [0.4, 0.5) is 0 Å². The standard InChI is InChI=1S/C14H20Cl2N2OS2/c1-18(2)6-8-21-20-7-5-17-14(19)10-11-3-4-12(15)13(16)9-11/h3-4,9H,5-8,10H2,1-2H3,(H,17,19). The number of amides is 1. The van der Waals surface area contributed by atoms with Gasteiger partial charge in [0.2, 0.25) is 5.91 Å². The number of carbonyl (C=O) groups is 1. The van der Waals surface area contributed by atoms with Gasteiger partial charge >= 0.3 is 0 Å². The van der Waals surface area contributed by atoms with Crippen LogP contribution in [-0.4, -0.2) is 49.5 Å². The third kappa shape index (κ3) is 8.83. The van der Waals surface area contributed by atoms with E-state index in [0.29, 0.717) is 23.0 Å². The first-order valence-electron chi connectivity index (χ1n) is 6.59. The van der Waals surface area contributed by atoms with E-state index in [1.807, 2.05) is 16.9 Å². The summed E-state index contributed by atoms with van der Waals surface area (Å²) >= 11 is 11.8. The van der Waals surface area contributed by atoms with Crippen LogP contribution in [0.3, 0.4) is 0 Å². The summed E-state index contributed by atoms with van der Waals surface area (Å²) in [5.74, 6) is 2.01. The molecule has 0 bridgehead atoms. The Morgan fingerprint density at radius 1 is 1.19 bits per heavy atom. The minimum Gasteiger partial charge on any atom is -0.355 e. The lowest BCUT2D eigenvalue weighted by atomic mass is 10.1. The number of benzene rings is 1. The average molecular weight is 367 g/mol. The summed E-state index contributed by atoms with van der Waals surface area (Å²) in [6, 6.07) is 5.26. The van der Waals surface area contributed by atoms with Crippen molar-refractivity contribution in [2.45, 2.75) is 6.42 Å². The van der Waals surface area contributed by atoms with Gasteiger partial charge in [-0.25, -0.2) is 0 Å². The fourth-order valence-corrected chi connectivity index (χ4v) is 3.83. The Bertz CT molecular complexity index is 459. The lowest BCUT2D eigenvalue weighted by Crippen LogP contribution is -2.27. The Hall–Kier alpha value is -0.0700. The topological polar surface area (TPSA) is 32.3 Å². The second-order valence-electron chi connectivity index (χ2n) is 4.72. The maximum Gasteiger partial charge on any atom is 0.224 e. The number of rotatable bonds is 9. The van der Waals surface area contributed by atoms with Gasteiger partial charge in [-0.3, -0.25) is 4.79 Å². The van der Waals surface area contributed by atoms with Crippen LogP contribution in [0.25, 0.3) is 0 Å². The molecule has 0 spiro atoms. The van der Waals surface area contributed by atoms with E-state index in [-0.39, 0.29) is 5.91 Å². The predicted octanol–water partition coefficient (Wildman–Crippen LogP) is 3.60. The summed E-state index contributed by atoms with van der Waals surface area (Å²) in [4.78, 5) is 13.9. The second kappa shape index (κ2) is 10.6. The van der Waals surface area contributed by atoms with Crippen LogP contribution < -0.4 is 5.32 Å². The minimum absolute atomic E-state index is 0.00674. The van der Waals surface area contributed by atoms with Gasteiger partial charge in [-0.2, -0.15) is 0 Å². The molecule has 0 aliphatic rings. The van der Waals surface area contributed by atoms with Crippen LogP contribution in [0.1, 0.15) is 5.56 Å². The molecule has 0 fully saturated rings. The predicted molar refractivity (Wildman–Crippen MR) is 96.6 cm³/mol. The van der Waals surface area contributed by atoms with Crippen LogP contribution in [0, 0.1) is 0 Å². The highest BCUT2D eigenvalue weighted by molar-refractivity contribution is 8.76. The molecule has 3 nitrogen and oxygen atoms in total. The van der Waals surface area contributed by atoms with Gasteiger partial charge in [-0.05, 0) is 31.8 Å². The molecule has 0 atom stereocenters. The van der Waals surface area contributed by atoms with Crippen LogP contribution >= 0.6 is 44.8 Å². The van der Waals surface area contributed by atoms with Crippen molar-refractivity contribution in [3.05, 3.63) is 33.8 Å². The first-order valence-corrected chi connectivity index (χ1v) is 9.83.